The minimum absolute atomic E-state index is 0.122. The van der Waals surface area contributed by atoms with Crippen LogP contribution in [0.3, 0.4) is 0 Å². The van der Waals surface area contributed by atoms with E-state index < -0.39 is 0 Å². The number of nitrogens with zero attached hydrogens (tertiary/aromatic N) is 3. The maximum atomic E-state index is 13.3. The third-order valence-corrected chi connectivity index (χ3v) is 6.76. The molecule has 0 saturated carbocycles. The maximum absolute atomic E-state index is 13.3. The van der Waals surface area contributed by atoms with E-state index in [-0.39, 0.29) is 17.9 Å². The van der Waals surface area contributed by atoms with Gasteiger partial charge in [-0.2, -0.15) is 0 Å². The molecule has 0 unspecified atom stereocenters. The topological polar surface area (TPSA) is 74.1 Å². The van der Waals surface area contributed by atoms with Gasteiger partial charge in [-0.1, -0.05) is 58.1 Å². The zero-order valence-electron chi connectivity index (χ0n) is 17.2. The van der Waals surface area contributed by atoms with Gasteiger partial charge in [-0.15, -0.1) is 16.4 Å². The van der Waals surface area contributed by atoms with Gasteiger partial charge in [-0.3, -0.25) is 14.2 Å². The fourth-order valence-electron chi connectivity index (χ4n) is 3.18. The molecular formula is C23H18ClN3O3S2. The van der Waals surface area contributed by atoms with Gasteiger partial charge in [0.25, 0.3) is 5.56 Å². The Bertz CT molecular complexity index is 1470. The largest absolute Gasteiger partial charge is 0.496 e. The molecule has 0 aliphatic rings. The molecule has 4 rings (SSSR count). The first-order valence-corrected chi connectivity index (χ1v) is 11.6. The Kier molecular flexibility index (Phi) is 6.64. The molecule has 0 fully saturated rings. The number of carbonyl (C=O) groups excluding carboxylic acids is 1. The number of Topliss-reactive ketones (excluding diaryl/α,β-unsaturated/α-hetero) is 1. The van der Waals surface area contributed by atoms with Crippen LogP contribution < -0.4 is 19.5 Å². The number of ether oxygens (including phenoxy) is 1. The molecule has 9 heteroatoms. The Morgan fingerprint density at radius 2 is 2.03 bits per heavy atom. The van der Waals surface area contributed by atoms with Gasteiger partial charge >= 0.3 is 0 Å². The number of halogens is 1. The van der Waals surface area contributed by atoms with E-state index in [9.17, 15) is 9.59 Å². The smallest absolute Gasteiger partial charge is 0.269 e. The second-order valence-electron chi connectivity index (χ2n) is 6.96. The molecule has 0 saturated heterocycles. The van der Waals surface area contributed by atoms with Gasteiger partial charge in [0.15, 0.2) is 5.78 Å². The highest BCUT2D eigenvalue weighted by molar-refractivity contribution is 7.10. The molecule has 0 spiro atoms. The quantitative estimate of drug-likeness (QED) is 0.393. The first kappa shape index (κ1) is 22.1. The minimum Gasteiger partial charge on any atom is -0.496 e. The van der Waals surface area contributed by atoms with Gasteiger partial charge in [0.1, 0.15) is 20.4 Å². The van der Waals surface area contributed by atoms with Crippen LogP contribution in [0, 0.1) is 6.92 Å². The number of methoxy groups -OCH3 is 1. The number of benzene rings is 2. The van der Waals surface area contributed by atoms with Gasteiger partial charge < -0.3 is 4.74 Å². The van der Waals surface area contributed by atoms with Crippen LogP contribution in [0.2, 0.25) is 4.34 Å². The van der Waals surface area contributed by atoms with E-state index in [4.69, 9.17) is 16.3 Å². The lowest BCUT2D eigenvalue weighted by Crippen LogP contribution is -2.32. The number of aryl methyl sites for hydroxylation is 1. The number of aromatic nitrogens is 3. The van der Waals surface area contributed by atoms with Crippen molar-refractivity contribution in [1.29, 1.82) is 0 Å². The number of carbonyl (C=O) groups is 1. The number of hydrogen-bond donors (Lipinski definition) is 0. The van der Waals surface area contributed by atoms with Crippen LogP contribution >= 0.6 is 34.5 Å². The average molecular weight is 484 g/mol. The third kappa shape index (κ3) is 4.72. The lowest BCUT2D eigenvalue weighted by molar-refractivity contribution is 0.105. The SMILES string of the molecule is COc1ccccc1C(=O)/C=c1\s/c(=C/c2cccc(C)c2)c(=O)n1Cc1nnsc1Cl. The molecular weight excluding hydrogens is 466 g/mol. The zero-order valence-corrected chi connectivity index (χ0v) is 19.6. The molecule has 0 atom stereocenters. The number of rotatable bonds is 6. The molecule has 2 aromatic carbocycles. The third-order valence-electron chi connectivity index (χ3n) is 4.72. The molecule has 6 nitrogen and oxygen atoms in total. The van der Waals surface area contributed by atoms with E-state index in [2.05, 4.69) is 9.59 Å². The molecule has 0 aliphatic heterocycles. The van der Waals surface area contributed by atoms with Crippen molar-refractivity contribution in [3.8, 4) is 5.75 Å². The summed E-state index contributed by atoms with van der Waals surface area (Å²) in [6.07, 6.45) is 3.27. The summed E-state index contributed by atoms with van der Waals surface area (Å²) in [7, 11) is 1.51. The predicted octanol–water partition coefficient (Wildman–Crippen LogP) is 3.27. The number of thiazole rings is 1. The number of ketones is 1. The van der Waals surface area contributed by atoms with Gasteiger partial charge in [-0.05, 0) is 30.7 Å². The van der Waals surface area contributed by atoms with Crippen LogP contribution in [0.5, 0.6) is 5.75 Å². The molecule has 4 aromatic rings. The summed E-state index contributed by atoms with van der Waals surface area (Å²) in [5.74, 6) is 0.208. The normalized spacial score (nSPS) is 12.3. The van der Waals surface area contributed by atoms with Crippen LogP contribution in [0.15, 0.2) is 53.3 Å². The molecule has 0 N–H and O–H groups in total. The fourth-order valence-corrected chi connectivity index (χ4v) is 4.84. The van der Waals surface area contributed by atoms with Crippen LogP contribution in [0.25, 0.3) is 12.2 Å². The number of hydrogen-bond acceptors (Lipinski definition) is 7. The Balaban J connectivity index is 1.88. The molecule has 2 heterocycles. The van der Waals surface area contributed by atoms with Gasteiger partial charge in [0.05, 0.1) is 23.8 Å². The summed E-state index contributed by atoms with van der Waals surface area (Å²) >= 11 is 8.46. The molecule has 32 heavy (non-hydrogen) atoms. The molecule has 0 amide bonds. The van der Waals surface area contributed by atoms with Crippen LogP contribution in [-0.4, -0.2) is 27.0 Å². The van der Waals surface area contributed by atoms with Crippen molar-refractivity contribution in [2.45, 2.75) is 13.5 Å². The van der Waals surface area contributed by atoms with E-state index in [0.717, 1.165) is 22.7 Å². The highest BCUT2D eigenvalue weighted by Crippen LogP contribution is 2.19. The fraction of sp³-hybridized carbons (Fsp3) is 0.130. The Morgan fingerprint density at radius 1 is 1.22 bits per heavy atom. The molecule has 162 valence electrons. The van der Waals surface area contributed by atoms with Gasteiger partial charge in [0, 0.05) is 17.6 Å². The molecule has 2 aromatic heterocycles. The summed E-state index contributed by atoms with van der Waals surface area (Å²) in [6.45, 7) is 2.11. The van der Waals surface area contributed by atoms with E-state index in [1.54, 1.807) is 24.3 Å². The van der Waals surface area contributed by atoms with Crippen molar-refractivity contribution in [1.82, 2.24) is 14.2 Å². The average Bonchev–Trinajstić information content (AvgIpc) is 3.32. The Labute approximate surface area is 196 Å². The minimum atomic E-state index is -0.262. The standard InChI is InChI=1S/C23H18ClN3O3S2/c1-14-6-5-7-15(10-14)11-20-23(29)27(13-17-22(24)32-26-25-17)21(31-20)12-18(28)16-8-3-4-9-19(16)30-2/h3-12H,13H2,1-2H3/b20-11+,21-12-. The highest BCUT2D eigenvalue weighted by atomic mass is 35.5. The first-order chi connectivity index (χ1) is 15.5. The van der Waals surface area contributed by atoms with E-state index in [1.165, 1.54) is 29.1 Å². The Hall–Kier alpha value is -3.07. The monoisotopic (exact) mass is 483 g/mol. The van der Waals surface area contributed by atoms with Crippen molar-refractivity contribution in [2.75, 3.05) is 7.11 Å². The summed E-state index contributed by atoms with van der Waals surface area (Å²) in [5, 5.41) is 4.02. The summed E-state index contributed by atoms with van der Waals surface area (Å²) in [6, 6.07) is 14.8. The summed E-state index contributed by atoms with van der Waals surface area (Å²) < 4.78 is 12.1. The van der Waals surface area contributed by atoms with Crippen molar-refractivity contribution in [2.24, 2.45) is 0 Å². The lowest BCUT2D eigenvalue weighted by atomic mass is 10.1. The van der Waals surface area contributed by atoms with Crippen LogP contribution in [0.1, 0.15) is 27.2 Å². The zero-order chi connectivity index (χ0) is 22.7. The van der Waals surface area contributed by atoms with Crippen LogP contribution in [-0.2, 0) is 6.54 Å². The predicted molar refractivity (Wildman–Crippen MR) is 128 cm³/mol. The highest BCUT2D eigenvalue weighted by Gasteiger charge is 2.14. The molecule has 0 aliphatic carbocycles. The van der Waals surface area contributed by atoms with E-state index in [1.807, 2.05) is 37.3 Å². The van der Waals surface area contributed by atoms with Crippen molar-refractivity contribution in [3.05, 3.63) is 94.8 Å². The maximum Gasteiger partial charge on any atom is 0.269 e. The summed E-state index contributed by atoms with van der Waals surface area (Å²) in [5.41, 5.74) is 2.68. The first-order valence-electron chi connectivity index (χ1n) is 9.60. The second-order valence-corrected chi connectivity index (χ2v) is 9.37. The Morgan fingerprint density at radius 3 is 2.75 bits per heavy atom. The van der Waals surface area contributed by atoms with Gasteiger partial charge in [0.2, 0.25) is 0 Å². The van der Waals surface area contributed by atoms with Crippen LogP contribution in [0.4, 0.5) is 0 Å². The lowest BCUT2D eigenvalue weighted by Gasteiger charge is -2.04. The van der Waals surface area contributed by atoms with Crippen molar-refractivity contribution in [3.63, 3.8) is 0 Å². The van der Waals surface area contributed by atoms with Gasteiger partial charge in [-0.25, -0.2) is 0 Å². The summed E-state index contributed by atoms with van der Waals surface area (Å²) in [4.78, 5) is 26.3. The molecule has 0 bridgehead atoms. The van der Waals surface area contributed by atoms with Crippen molar-refractivity contribution < 1.29 is 9.53 Å². The van der Waals surface area contributed by atoms with E-state index in [0.29, 0.717) is 30.5 Å². The molecule has 0 radical (unpaired) electrons. The number of para-hydroxylation sites is 1. The second kappa shape index (κ2) is 9.60. The van der Waals surface area contributed by atoms with Crippen molar-refractivity contribution >= 4 is 52.4 Å². The van der Waals surface area contributed by atoms with E-state index >= 15 is 0 Å².